The molecule has 8 heteroatoms. The summed E-state index contributed by atoms with van der Waals surface area (Å²) in [7, 11) is 0. The molecule has 1 aliphatic heterocycles. The van der Waals surface area contributed by atoms with Gasteiger partial charge in [-0.1, -0.05) is 18.2 Å². The van der Waals surface area contributed by atoms with E-state index in [1.807, 2.05) is 6.08 Å². The molecule has 2 aliphatic rings. The first kappa shape index (κ1) is 22.0. The van der Waals surface area contributed by atoms with Gasteiger partial charge in [0, 0.05) is 31.0 Å². The zero-order chi connectivity index (χ0) is 22.8. The fourth-order valence-corrected chi connectivity index (χ4v) is 4.55. The first-order chi connectivity index (χ1) is 14.8. The maximum atomic E-state index is 11.0. The molecule has 1 fully saturated rings. The Hall–Kier alpha value is -3.67. The van der Waals surface area contributed by atoms with E-state index in [-0.39, 0.29) is 24.3 Å². The topological polar surface area (TPSA) is 151 Å². The van der Waals surface area contributed by atoms with Crippen LogP contribution in [-0.2, 0) is 4.79 Å². The highest BCUT2D eigenvalue weighted by atomic mass is 16.5. The van der Waals surface area contributed by atoms with Gasteiger partial charge in [0.2, 0.25) is 0 Å². The third kappa shape index (κ3) is 3.77. The Kier molecular flexibility index (Phi) is 6.11. The Morgan fingerprint density at radius 2 is 1.94 bits per heavy atom. The van der Waals surface area contributed by atoms with Crippen LogP contribution in [0.5, 0.6) is 5.75 Å². The minimum atomic E-state index is -1.75. The summed E-state index contributed by atoms with van der Waals surface area (Å²) in [5.41, 5.74) is 4.71. The van der Waals surface area contributed by atoms with Gasteiger partial charge < -0.3 is 15.9 Å². The van der Waals surface area contributed by atoms with E-state index in [4.69, 9.17) is 15.9 Å². The van der Waals surface area contributed by atoms with Gasteiger partial charge in [0.05, 0.1) is 23.9 Å². The molecule has 1 unspecified atom stereocenters. The fourth-order valence-electron chi connectivity index (χ4n) is 4.55. The van der Waals surface area contributed by atoms with Gasteiger partial charge in [-0.15, -0.1) is 0 Å². The van der Waals surface area contributed by atoms with Crippen molar-refractivity contribution in [1.82, 2.24) is 4.90 Å². The normalized spacial score (nSPS) is 24.8. The lowest BCUT2D eigenvalue weighted by molar-refractivity contribution is -0.119. The third-order valence-electron chi connectivity index (χ3n) is 6.17. The van der Waals surface area contributed by atoms with E-state index >= 15 is 0 Å². The smallest absolute Gasteiger partial charge is 0.255 e. The molecule has 0 saturated heterocycles. The van der Waals surface area contributed by atoms with E-state index < -0.39 is 23.2 Å². The lowest BCUT2D eigenvalue weighted by Crippen LogP contribution is -2.53. The molecule has 0 spiro atoms. The number of nitrogens with one attached hydrogen (secondary N) is 1. The lowest BCUT2D eigenvalue weighted by atomic mass is 9.54. The van der Waals surface area contributed by atoms with E-state index in [0.717, 1.165) is 5.57 Å². The van der Waals surface area contributed by atoms with Gasteiger partial charge in [0.1, 0.15) is 11.7 Å². The van der Waals surface area contributed by atoms with Crippen LogP contribution in [0, 0.1) is 56.7 Å². The van der Waals surface area contributed by atoms with Gasteiger partial charge in [-0.25, -0.2) is 0 Å². The van der Waals surface area contributed by atoms with Crippen molar-refractivity contribution in [2.45, 2.75) is 25.8 Å². The molecule has 1 heterocycles. The first-order valence-corrected chi connectivity index (χ1v) is 10.0. The van der Waals surface area contributed by atoms with Crippen LogP contribution in [0.4, 0.5) is 0 Å². The van der Waals surface area contributed by atoms with Crippen molar-refractivity contribution >= 4 is 11.6 Å². The molecular formula is C23H24N6O2. The van der Waals surface area contributed by atoms with Crippen molar-refractivity contribution in [2.24, 2.45) is 23.0 Å². The minimum absolute atomic E-state index is 0.167. The van der Waals surface area contributed by atoms with Gasteiger partial charge in [-0.05, 0) is 37.1 Å². The Labute approximate surface area is 181 Å². The van der Waals surface area contributed by atoms with E-state index in [9.17, 15) is 20.6 Å². The van der Waals surface area contributed by atoms with Crippen LogP contribution in [0.25, 0.3) is 0 Å². The van der Waals surface area contributed by atoms with Gasteiger partial charge in [0.15, 0.2) is 12.0 Å². The summed E-state index contributed by atoms with van der Waals surface area (Å²) in [5.74, 6) is -1.91. The highest BCUT2D eigenvalue weighted by molar-refractivity contribution is 6.00. The molecular weight excluding hydrogens is 392 g/mol. The van der Waals surface area contributed by atoms with Crippen molar-refractivity contribution in [3.8, 4) is 24.0 Å². The van der Waals surface area contributed by atoms with Crippen LogP contribution in [0.2, 0.25) is 0 Å². The van der Waals surface area contributed by atoms with Crippen molar-refractivity contribution in [3.05, 3.63) is 41.5 Å². The molecule has 31 heavy (non-hydrogen) atoms. The van der Waals surface area contributed by atoms with Gasteiger partial charge in [-0.2, -0.15) is 15.8 Å². The quantitative estimate of drug-likeness (QED) is 0.702. The van der Waals surface area contributed by atoms with E-state index in [0.29, 0.717) is 24.4 Å². The Morgan fingerprint density at radius 3 is 2.45 bits per heavy atom. The second kappa shape index (κ2) is 8.60. The van der Waals surface area contributed by atoms with Gasteiger partial charge >= 0.3 is 0 Å². The SMILES string of the molecule is CC(C)N1CC=C2C(C#N)C(=N)C(C#N)(C#N)[C@H](c3ccc(OCC(N)=O)cc3)[C@H]2C1. The van der Waals surface area contributed by atoms with E-state index in [1.165, 1.54) is 0 Å². The number of hydrogen-bond acceptors (Lipinski definition) is 7. The highest BCUT2D eigenvalue weighted by Gasteiger charge is 2.57. The molecule has 0 aromatic heterocycles. The Morgan fingerprint density at radius 1 is 1.29 bits per heavy atom. The van der Waals surface area contributed by atoms with Crippen LogP contribution in [-0.4, -0.2) is 42.3 Å². The molecule has 3 rings (SSSR count). The number of primary amides is 1. The summed E-state index contributed by atoms with van der Waals surface area (Å²) in [6.45, 7) is 5.15. The van der Waals surface area contributed by atoms with Crippen LogP contribution in [0.15, 0.2) is 35.9 Å². The Bertz CT molecular complexity index is 1020. The maximum absolute atomic E-state index is 11.0. The molecule has 3 N–H and O–H groups in total. The number of rotatable bonds is 5. The highest BCUT2D eigenvalue weighted by Crippen LogP contribution is 2.53. The maximum Gasteiger partial charge on any atom is 0.255 e. The number of nitrogens with zero attached hydrogens (tertiary/aromatic N) is 4. The Balaban J connectivity index is 2.11. The molecule has 1 saturated carbocycles. The van der Waals surface area contributed by atoms with Crippen molar-refractivity contribution in [2.75, 3.05) is 19.7 Å². The zero-order valence-corrected chi connectivity index (χ0v) is 17.5. The minimum Gasteiger partial charge on any atom is -0.484 e. The van der Waals surface area contributed by atoms with E-state index in [2.05, 4.69) is 37.0 Å². The molecule has 158 valence electrons. The number of ether oxygens (including phenoxy) is 1. The standard InChI is InChI=1S/C23H24N6O2/c1-14(2)29-8-7-17-18(9-24)22(28)23(12-25,13-26)21(19(17)10-29)15-3-5-16(6-4-15)31-11-20(27)30/h3-7,14,18-19,21,28H,8,10-11H2,1-2H3,(H2,27,30)/t18?,19-,21+/m0/s1. The third-order valence-corrected chi connectivity index (χ3v) is 6.17. The predicted octanol–water partition coefficient (Wildman–Crippen LogP) is 2.11. The number of nitriles is 3. The summed E-state index contributed by atoms with van der Waals surface area (Å²) >= 11 is 0. The van der Waals surface area contributed by atoms with Crippen LogP contribution in [0.1, 0.15) is 25.3 Å². The van der Waals surface area contributed by atoms with Crippen LogP contribution in [0.3, 0.4) is 0 Å². The van der Waals surface area contributed by atoms with Crippen molar-refractivity contribution in [1.29, 1.82) is 21.2 Å². The monoisotopic (exact) mass is 416 g/mol. The molecule has 1 amide bonds. The summed E-state index contributed by atoms with van der Waals surface area (Å²) in [5, 5.41) is 38.6. The largest absolute Gasteiger partial charge is 0.484 e. The molecule has 0 bridgehead atoms. The number of benzene rings is 1. The number of amides is 1. The molecule has 1 aliphatic carbocycles. The predicted molar refractivity (Wildman–Crippen MR) is 113 cm³/mol. The number of hydrogen-bond donors (Lipinski definition) is 2. The van der Waals surface area contributed by atoms with Crippen LogP contribution < -0.4 is 10.5 Å². The molecule has 3 atom stereocenters. The molecule has 8 nitrogen and oxygen atoms in total. The number of carbonyl (C=O) groups excluding carboxylic acids is 1. The summed E-state index contributed by atoms with van der Waals surface area (Å²) < 4.78 is 5.32. The van der Waals surface area contributed by atoms with E-state index in [1.54, 1.807) is 24.3 Å². The average Bonchev–Trinajstić information content (AvgIpc) is 2.77. The average molecular weight is 416 g/mol. The fraction of sp³-hybridized carbons (Fsp3) is 0.435. The second-order valence-corrected chi connectivity index (χ2v) is 8.17. The van der Waals surface area contributed by atoms with Gasteiger partial charge in [0.25, 0.3) is 5.91 Å². The molecule has 1 aromatic rings. The zero-order valence-electron chi connectivity index (χ0n) is 17.5. The van der Waals surface area contributed by atoms with Crippen molar-refractivity contribution < 1.29 is 9.53 Å². The number of nitrogens with two attached hydrogens (primary N) is 1. The second-order valence-electron chi connectivity index (χ2n) is 8.17. The van der Waals surface area contributed by atoms with Crippen LogP contribution >= 0.6 is 0 Å². The van der Waals surface area contributed by atoms with Crippen molar-refractivity contribution in [3.63, 3.8) is 0 Å². The molecule has 0 radical (unpaired) electrons. The summed E-state index contributed by atoms with van der Waals surface area (Å²) in [6, 6.07) is 13.4. The van der Waals surface area contributed by atoms with Gasteiger partial charge in [-0.3, -0.25) is 9.69 Å². The first-order valence-electron chi connectivity index (χ1n) is 10.0. The summed E-state index contributed by atoms with van der Waals surface area (Å²) in [4.78, 5) is 13.2. The molecule has 1 aromatic carbocycles. The number of carbonyl (C=O) groups is 1. The number of fused-ring (bicyclic) bond motifs is 1. The summed E-state index contributed by atoms with van der Waals surface area (Å²) in [6.07, 6.45) is 1.98. The lowest BCUT2D eigenvalue weighted by Gasteiger charge is -2.48.